The number of benzene rings is 2. The van der Waals surface area contributed by atoms with Gasteiger partial charge in [-0.3, -0.25) is 4.79 Å². The van der Waals surface area contributed by atoms with Crippen molar-refractivity contribution in [1.82, 2.24) is 19.7 Å². The third-order valence-electron chi connectivity index (χ3n) is 6.28. The average molecular weight is 477 g/mol. The van der Waals surface area contributed by atoms with Gasteiger partial charge < -0.3 is 19.6 Å². The summed E-state index contributed by atoms with van der Waals surface area (Å²) in [5.74, 6) is 1.77. The average Bonchev–Trinajstić information content (AvgIpc) is 3.18. The molecule has 2 unspecified atom stereocenters. The Bertz CT molecular complexity index is 1340. The minimum atomic E-state index is -0.649. The van der Waals surface area contributed by atoms with Crippen molar-refractivity contribution in [3.05, 3.63) is 81.5 Å². The number of aromatic amines is 1. The van der Waals surface area contributed by atoms with Gasteiger partial charge in [-0.05, 0) is 56.4 Å². The Morgan fingerprint density at radius 1 is 1.06 bits per heavy atom. The number of rotatable bonds is 10. The van der Waals surface area contributed by atoms with Crippen LogP contribution in [0.2, 0.25) is 0 Å². The van der Waals surface area contributed by atoms with Crippen LogP contribution in [-0.2, 0) is 12.8 Å². The number of nitrogens with one attached hydrogen (secondary N) is 1. The van der Waals surface area contributed by atoms with Gasteiger partial charge in [0.2, 0.25) is 0 Å². The molecular formula is C27H32N4O4. The number of methoxy groups -OCH3 is 2. The van der Waals surface area contributed by atoms with Gasteiger partial charge in [0.05, 0.1) is 32.1 Å². The van der Waals surface area contributed by atoms with E-state index in [1.165, 1.54) is 5.56 Å². The second-order valence-electron chi connectivity index (χ2n) is 8.79. The second kappa shape index (κ2) is 10.7. The minimum Gasteiger partial charge on any atom is -0.493 e. The highest BCUT2D eigenvalue weighted by atomic mass is 16.5. The van der Waals surface area contributed by atoms with Gasteiger partial charge in [0.25, 0.3) is 5.56 Å². The van der Waals surface area contributed by atoms with E-state index in [-0.39, 0.29) is 11.6 Å². The van der Waals surface area contributed by atoms with Crippen LogP contribution < -0.4 is 15.0 Å². The van der Waals surface area contributed by atoms with Crippen molar-refractivity contribution in [2.75, 3.05) is 14.2 Å². The van der Waals surface area contributed by atoms with Crippen LogP contribution in [0.25, 0.3) is 11.0 Å². The molecule has 35 heavy (non-hydrogen) atoms. The standard InChI is InChI=1S/C27H32N4O4/c1-17-25-26(31(30-17)21(18(2)32)12-8-11-19-9-6-5-7-10-19)28-24(29-27(25)33)16-20-13-14-22(34-3)23(15-20)35-4/h5-7,9-10,13-15,18,21,32H,8,11-12,16H2,1-4H3,(H,28,29,33). The van der Waals surface area contributed by atoms with E-state index in [1.54, 1.807) is 32.7 Å². The third-order valence-corrected chi connectivity index (χ3v) is 6.28. The Labute approximate surface area is 204 Å². The van der Waals surface area contributed by atoms with E-state index in [2.05, 4.69) is 22.2 Å². The third kappa shape index (κ3) is 5.38. The highest BCUT2D eigenvalue weighted by Gasteiger charge is 2.24. The molecule has 0 fully saturated rings. The molecule has 0 saturated carbocycles. The zero-order valence-electron chi connectivity index (χ0n) is 20.6. The summed E-state index contributed by atoms with van der Waals surface area (Å²) in [7, 11) is 3.18. The number of aryl methyl sites for hydroxylation is 2. The first-order valence-corrected chi connectivity index (χ1v) is 11.8. The lowest BCUT2D eigenvalue weighted by atomic mass is 10.0. The van der Waals surface area contributed by atoms with Gasteiger partial charge in [0, 0.05) is 6.42 Å². The zero-order chi connectivity index (χ0) is 24.9. The molecule has 184 valence electrons. The normalized spacial score (nSPS) is 13.1. The molecule has 8 heteroatoms. The number of nitrogens with zero attached hydrogens (tertiary/aromatic N) is 3. The summed E-state index contributed by atoms with van der Waals surface area (Å²) in [5, 5.41) is 15.7. The van der Waals surface area contributed by atoms with E-state index in [0.717, 1.165) is 18.4 Å². The summed E-state index contributed by atoms with van der Waals surface area (Å²) in [6.45, 7) is 3.56. The van der Waals surface area contributed by atoms with Gasteiger partial charge in [0.15, 0.2) is 17.1 Å². The van der Waals surface area contributed by atoms with E-state index < -0.39 is 6.10 Å². The van der Waals surface area contributed by atoms with Crippen molar-refractivity contribution >= 4 is 11.0 Å². The van der Waals surface area contributed by atoms with E-state index >= 15 is 0 Å². The summed E-state index contributed by atoms with van der Waals surface area (Å²) in [5.41, 5.74) is 3.03. The number of aromatic nitrogens is 4. The number of ether oxygens (including phenoxy) is 2. The maximum Gasteiger partial charge on any atom is 0.262 e. The van der Waals surface area contributed by atoms with Gasteiger partial charge in [0.1, 0.15) is 11.2 Å². The van der Waals surface area contributed by atoms with Crippen LogP contribution in [0.5, 0.6) is 11.5 Å². The van der Waals surface area contributed by atoms with Crippen molar-refractivity contribution in [2.24, 2.45) is 0 Å². The first-order valence-electron chi connectivity index (χ1n) is 11.8. The molecule has 8 nitrogen and oxygen atoms in total. The highest BCUT2D eigenvalue weighted by molar-refractivity contribution is 5.77. The summed E-state index contributed by atoms with van der Waals surface area (Å²) >= 11 is 0. The van der Waals surface area contributed by atoms with Crippen LogP contribution in [0, 0.1) is 6.92 Å². The zero-order valence-corrected chi connectivity index (χ0v) is 20.6. The maximum atomic E-state index is 13.0. The molecule has 0 aliphatic rings. The Hall–Kier alpha value is -3.65. The maximum absolute atomic E-state index is 13.0. The van der Waals surface area contributed by atoms with Gasteiger partial charge in [-0.1, -0.05) is 36.4 Å². The Morgan fingerprint density at radius 3 is 2.49 bits per heavy atom. The summed E-state index contributed by atoms with van der Waals surface area (Å²) in [4.78, 5) is 20.7. The predicted octanol–water partition coefficient (Wildman–Crippen LogP) is 3.98. The van der Waals surface area contributed by atoms with Crippen LogP contribution in [0.1, 0.15) is 48.5 Å². The topological polar surface area (TPSA) is 102 Å². The van der Waals surface area contributed by atoms with E-state index in [4.69, 9.17) is 14.5 Å². The fourth-order valence-electron chi connectivity index (χ4n) is 4.48. The van der Waals surface area contributed by atoms with Crippen molar-refractivity contribution in [3.63, 3.8) is 0 Å². The van der Waals surface area contributed by atoms with E-state index in [0.29, 0.717) is 46.9 Å². The quantitative estimate of drug-likeness (QED) is 0.359. The van der Waals surface area contributed by atoms with Crippen LogP contribution >= 0.6 is 0 Å². The molecule has 0 bridgehead atoms. The summed E-state index contributed by atoms with van der Waals surface area (Å²) < 4.78 is 12.4. The summed E-state index contributed by atoms with van der Waals surface area (Å²) in [6, 6.07) is 15.6. The van der Waals surface area contributed by atoms with Crippen LogP contribution in [0.4, 0.5) is 0 Å². The Morgan fingerprint density at radius 2 is 1.80 bits per heavy atom. The van der Waals surface area contributed by atoms with E-state index in [9.17, 15) is 9.90 Å². The molecule has 0 radical (unpaired) electrons. The Kier molecular flexibility index (Phi) is 7.51. The number of hydrogen-bond donors (Lipinski definition) is 2. The van der Waals surface area contributed by atoms with Gasteiger partial charge in [-0.2, -0.15) is 5.10 Å². The fourth-order valence-corrected chi connectivity index (χ4v) is 4.48. The van der Waals surface area contributed by atoms with Crippen LogP contribution in [-0.4, -0.2) is 45.2 Å². The molecule has 4 rings (SSSR count). The molecule has 0 aliphatic heterocycles. The van der Waals surface area contributed by atoms with Crippen molar-refractivity contribution in [2.45, 2.75) is 51.7 Å². The number of aliphatic hydroxyl groups is 1. The molecule has 2 atom stereocenters. The number of hydrogen-bond acceptors (Lipinski definition) is 6. The minimum absolute atomic E-state index is 0.233. The smallest absolute Gasteiger partial charge is 0.262 e. The first kappa shape index (κ1) is 24.5. The molecule has 0 amide bonds. The van der Waals surface area contributed by atoms with Crippen molar-refractivity contribution < 1.29 is 14.6 Å². The molecule has 0 aliphatic carbocycles. The molecule has 2 heterocycles. The monoisotopic (exact) mass is 476 g/mol. The van der Waals surface area contributed by atoms with E-state index in [1.807, 2.05) is 36.4 Å². The molecule has 4 aromatic rings. The van der Waals surface area contributed by atoms with Gasteiger partial charge >= 0.3 is 0 Å². The molecule has 2 aromatic heterocycles. The number of aliphatic hydroxyl groups excluding tert-OH is 1. The molecule has 2 aromatic carbocycles. The highest BCUT2D eigenvalue weighted by Crippen LogP contribution is 2.29. The predicted molar refractivity (Wildman–Crippen MR) is 135 cm³/mol. The molecular weight excluding hydrogens is 444 g/mol. The largest absolute Gasteiger partial charge is 0.493 e. The number of fused-ring (bicyclic) bond motifs is 1. The Balaban J connectivity index is 1.64. The van der Waals surface area contributed by atoms with Crippen LogP contribution in [0.3, 0.4) is 0 Å². The van der Waals surface area contributed by atoms with Crippen molar-refractivity contribution in [1.29, 1.82) is 0 Å². The molecule has 0 saturated heterocycles. The summed E-state index contributed by atoms with van der Waals surface area (Å²) in [6.07, 6.45) is 2.25. The SMILES string of the molecule is COc1ccc(Cc2nc3c(c(C)nn3C(CCCc3ccccc3)C(C)O)c(=O)[nH]2)cc1OC. The molecule has 0 spiro atoms. The lowest BCUT2D eigenvalue weighted by molar-refractivity contribution is 0.118. The fraction of sp³-hybridized carbons (Fsp3) is 0.370. The molecule has 2 N–H and O–H groups in total. The van der Waals surface area contributed by atoms with Gasteiger partial charge in [-0.15, -0.1) is 0 Å². The number of H-pyrrole nitrogens is 1. The lowest BCUT2D eigenvalue weighted by Crippen LogP contribution is -2.24. The van der Waals surface area contributed by atoms with Crippen molar-refractivity contribution in [3.8, 4) is 11.5 Å². The lowest BCUT2D eigenvalue weighted by Gasteiger charge is -2.21. The second-order valence-corrected chi connectivity index (χ2v) is 8.79. The first-order chi connectivity index (χ1) is 16.9. The van der Waals surface area contributed by atoms with Gasteiger partial charge in [-0.25, -0.2) is 9.67 Å². The van der Waals surface area contributed by atoms with Crippen LogP contribution in [0.15, 0.2) is 53.3 Å².